The second-order valence-electron chi connectivity index (χ2n) is 3.17. The average Bonchev–Trinajstić information content (AvgIpc) is 2.01. The maximum absolute atomic E-state index is 10.9. The predicted molar refractivity (Wildman–Crippen MR) is 63.3 cm³/mol. The van der Waals surface area contributed by atoms with Crippen molar-refractivity contribution < 1.29 is 9.90 Å². The maximum Gasteiger partial charge on any atom is 0.328 e. The summed E-state index contributed by atoms with van der Waals surface area (Å²) < 4.78 is 0.864. The van der Waals surface area contributed by atoms with Crippen molar-refractivity contribution in [3.8, 4) is 0 Å². The first-order valence-electron chi connectivity index (χ1n) is 3.83. The molecule has 0 saturated heterocycles. The second-order valence-corrected chi connectivity index (χ2v) is 4.85. The van der Waals surface area contributed by atoms with Crippen LogP contribution in [0.4, 0.5) is 0 Å². The molecule has 1 aromatic rings. The molecule has 3 nitrogen and oxygen atoms in total. The molecule has 0 saturated carbocycles. The van der Waals surface area contributed by atoms with Gasteiger partial charge in [-0.2, -0.15) is 0 Å². The number of nitrogens with two attached hydrogens (primary N) is 1. The van der Waals surface area contributed by atoms with Crippen LogP contribution < -0.4 is 5.73 Å². The Bertz CT molecular complexity index is 359. The van der Waals surface area contributed by atoms with Crippen molar-refractivity contribution in [2.75, 3.05) is 0 Å². The summed E-state index contributed by atoms with van der Waals surface area (Å²) in [5, 5.41) is 9.40. The van der Waals surface area contributed by atoms with Gasteiger partial charge < -0.3 is 10.8 Å². The van der Waals surface area contributed by atoms with Gasteiger partial charge in [0.25, 0.3) is 0 Å². The number of carboxylic acids is 1. The molecular weight excluding hydrogens is 316 g/mol. The fourth-order valence-electron chi connectivity index (χ4n) is 0.977. The van der Waals surface area contributed by atoms with Gasteiger partial charge in [0.05, 0.1) is 0 Å². The van der Waals surface area contributed by atoms with E-state index in [9.17, 15) is 4.79 Å². The number of aliphatic carboxylic acids is 1. The molecule has 14 heavy (non-hydrogen) atoms. The summed E-state index contributed by atoms with van der Waals surface area (Å²) in [5.41, 5.74) is 4.76. The van der Waals surface area contributed by atoms with Gasteiger partial charge in [-0.05, 0) is 53.3 Å². The highest BCUT2D eigenvalue weighted by Gasteiger charge is 2.30. The second kappa shape index (κ2) is 4.04. The number of halogens is 2. The SMILES string of the molecule is C[C@@](N)(C(=O)O)c1cc(Cl)cc(I)c1. The van der Waals surface area contributed by atoms with Crippen molar-refractivity contribution in [3.63, 3.8) is 0 Å². The molecule has 1 rings (SSSR count). The normalized spacial score (nSPS) is 14.9. The number of carboxylic acid groups (broad SMARTS) is 1. The number of rotatable bonds is 2. The van der Waals surface area contributed by atoms with E-state index in [1.807, 2.05) is 0 Å². The first kappa shape index (κ1) is 11.7. The van der Waals surface area contributed by atoms with E-state index in [4.69, 9.17) is 22.4 Å². The van der Waals surface area contributed by atoms with Crippen LogP contribution in [0.15, 0.2) is 18.2 Å². The van der Waals surface area contributed by atoms with Crippen molar-refractivity contribution >= 4 is 40.2 Å². The van der Waals surface area contributed by atoms with E-state index in [0.717, 1.165) is 3.57 Å². The lowest BCUT2D eigenvalue weighted by molar-refractivity contribution is -0.143. The Hall–Kier alpha value is -0.330. The van der Waals surface area contributed by atoms with E-state index >= 15 is 0 Å². The summed E-state index contributed by atoms with van der Waals surface area (Å²) in [7, 11) is 0. The van der Waals surface area contributed by atoms with E-state index in [1.165, 1.54) is 6.92 Å². The van der Waals surface area contributed by atoms with Crippen molar-refractivity contribution in [1.82, 2.24) is 0 Å². The summed E-state index contributed by atoms with van der Waals surface area (Å²) in [6.07, 6.45) is 0. The van der Waals surface area contributed by atoms with Gasteiger partial charge >= 0.3 is 5.97 Å². The van der Waals surface area contributed by atoms with Gasteiger partial charge in [-0.25, -0.2) is 4.79 Å². The molecule has 0 heterocycles. The van der Waals surface area contributed by atoms with Crippen LogP contribution >= 0.6 is 34.2 Å². The summed E-state index contributed by atoms with van der Waals surface area (Å²) >= 11 is 7.87. The van der Waals surface area contributed by atoms with E-state index < -0.39 is 11.5 Å². The molecule has 1 atom stereocenters. The van der Waals surface area contributed by atoms with Crippen LogP contribution in [0, 0.1) is 3.57 Å². The molecule has 0 radical (unpaired) electrons. The molecule has 0 bridgehead atoms. The quantitative estimate of drug-likeness (QED) is 0.820. The fraction of sp³-hybridized carbons (Fsp3) is 0.222. The summed E-state index contributed by atoms with van der Waals surface area (Å²) in [6, 6.07) is 5.02. The van der Waals surface area contributed by atoms with Crippen LogP contribution in [0.1, 0.15) is 12.5 Å². The highest BCUT2D eigenvalue weighted by Crippen LogP contribution is 2.24. The molecule has 76 valence electrons. The zero-order valence-electron chi connectivity index (χ0n) is 7.42. The van der Waals surface area contributed by atoms with E-state index in [2.05, 4.69) is 22.6 Å². The highest BCUT2D eigenvalue weighted by atomic mass is 127. The molecule has 0 fully saturated rings. The lowest BCUT2D eigenvalue weighted by Crippen LogP contribution is -2.41. The number of carbonyl (C=O) groups is 1. The highest BCUT2D eigenvalue weighted by molar-refractivity contribution is 14.1. The Kier molecular flexibility index (Phi) is 3.39. The molecule has 1 aromatic carbocycles. The Balaban J connectivity index is 3.25. The van der Waals surface area contributed by atoms with Crippen LogP contribution in [0.5, 0.6) is 0 Å². The third kappa shape index (κ3) is 2.37. The van der Waals surface area contributed by atoms with E-state index in [1.54, 1.807) is 18.2 Å². The zero-order chi connectivity index (χ0) is 10.9. The summed E-state index contributed by atoms with van der Waals surface area (Å²) in [5.74, 6) is -1.07. The van der Waals surface area contributed by atoms with Crippen LogP contribution in [0.25, 0.3) is 0 Å². The topological polar surface area (TPSA) is 63.3 Å². The Labute approximate surface area is 100 Å². The molecule has 0 aliphatic heterocycles. The van der Waals surface area contributed by atoms with Gasteiger partial charge in [0.1, 0.15) is 5.54 Å². The average molecular weight is 326 g/mol. The van der Waals surface area contributed by atoms with Crippen molar-refractivity contribution in [3.05, 3.63) is 32.4 Å². The molecule has 0 aliphatic carbocycles. The first-order valence-corrected chi connectivity index (χ1v) is 5.28. The van der Waals surface area contributed by atoms with Gasteiger partial charge in [-0.3, -0.25) is 0 Å². The van der Waals surface area contributed by atoms with Crippen LogP contribution in [0.2, 0.25) is 5.02 Å². The Morgan fingerprint density at radius 2 is 2.14 bits per heavy atom. The third-order valence-corrected chi connectivity index (χ3v) is 2.75. The minimum atomic E-state index is -1.40. The molecular formula is C9H9ClINO2. The number of benzene rings is 1. The van der Waals surface area contributed by atoms with Crippen molar-refractivity contribution in [2.45, 2.75) is 12.5 Å². The smallest absolute Gasteiger partial charge is 0.328 e. The molecule has 0 aromatic heterocycles. The standard InChI is InChI=1S/C9H9ClINO2/c1-9(12,8(13)14)5-2-6(10)4-7(11)3-5/h2-4H,12H2,1H3,(H,13,14)/t9-/m0/s1. The monoisotopic (exact) mass is 325 g/mol. The van der Waals surface area contributed by atoms with Crippen molar-refractivity contribution in [1.29, 1.82) is 0 Å². The van der Waals surface area contributed by atoms with Crippen LogP contribution in [-0.2, 0) is 10.3 Å². The molecule has 0 spiro atoms. The summed E-state index contributed by atoms with van der Waals surface area (Å²) in [4.78, 5) is 10.9. The maximum atomic E-state index is 10.9. The molecule has 3 N–H and O–H groups in total. The van der Waals surface area contributed by atoms with Gasteiger partial charge in [-0.1, -0.05) is 11.6 Å². The lowest BCUT2D eigenvalue weighted by atomic mass is 9.94. The fourth-order valence-corrected chi connectivity index (χ4v) is 2.07. The zero-order valence-corrected chi connectivity index (χ0v) is 10.3. The van der Waals surface area contributed by atoms with Gasteiger partial charge in [0.2, 0.25) is 0 Å². The lowest BCUT2D eigenvalue weighted by Gasteiger charge is -2.20. The number of hydrogen-bond donors (Lipinski definition) is 2. The van der Waals surface area contributed by atoms with Crippen molar-refractivity contribution in [2.24, 2.45) is 5.73 Å². The molecule has 0 amide bonds. The Morgan fingerprint density at radius 1 is 1.57 bits per heavy atom. The van der Waals surface area contributed by atoms with Gasteiger partial charge in [0.15, 0.2) is 0 Å². The minimum absolute atomic E-state index is 0.491. The Morgan fingerprint density at radius 3 is 2.57 bits per heavy atom. The minimum Gasteiger partial charge on any atom is -0.480 e. The molecule has 0 aliphatic rings. The van der Waals surface area contributed by atoms with Crippen LogP contribution in [-0.4, -0.2) is 11.1 Å². The van der Waals surface area contributed by atoms with Gasteiger partial charge in [0, 0.05) is 8.59 Å². The third-order valence-electron chi connectivity index (χ3n) is 1.91. The van der Waals surface area contributed by atoms with Gasteiger partial charge in [-0.15, -0.1) is 0 Å². The predicted octanol–water partition coefficient (Wildman–Crippen LogP) is 2.20. The van der Waals surface area contributed by atoms with E-state index in [-0.39, 0.29) is 0 Å². The first-order chi connectivity index (χ1) is 6.34. The largest absolute Gasteiger partial charge is 0.480 e. The van der Waals surface area contributed by atoms with Crippen LogP contribution in [0.3, 0.4) is 0 Å². The number of hydrogen-bond acceptors (Lipinski definition) is 2. The summed E-state index contributed by atoms with van der Waals surface area (Å²) in [6.45, 7) is 1.44. The molecule has 5 heteroatoms. The molecule has 0 unspecified atom stereocenters. The van der Waals surface area contributed by atoms with E-state index in [0.29, 0.717) is 10.6 Å².